The molecule has 1 aromatic carbocycles. The van der Waals surface area contributed by atoms with Crippen molar-refractivity contribution in [3.05, 3.63) is 30.1 Å². The van der Waals surface area contributed by atoms with E-state index in [1.54, 1.807) is 0 Å². The van der Waals surface area contributed by atoms with Crippen LogP contribution in [0.5, 0.6) is 0 Å². The molecule has 1 saturated carbocycles. The molecular formula is C16H21ClN2. The molecule has 0 bridgehead atoms. The monoisotopic (exact) mass is 276 g/mol. The van der Waals surface area contributed by atoms with Crippen LogP contribution in [0.4, 0.5) is 0 Å². The Morgan fingerprint density at radius 3 is 2.84 bits per heavy atom. The molecule has 1 heterocycles. The number of fused-ring (bicyclic) bond motifs is 1. The van der Waals surface area contributed by atoms with Crippen LogP contribution < -0.4 is 0 Å². The number of imidazole rings is 1. The van der Waals surface area contributed by atoms with Crippen molar-refractivity contribution < 1.29 is 0 Å². The number of alkyl halides is 1. The lowest BCUT2D eigenvalue weighted by Gasteiger charge is -2.25. The Morgan fingerprint density at radius 1 is 1.21 bits per heavy atom. The topological polar surface area (TPSA) is 17.8 Å². The SMILES string of the molecule is CC1CCCCCC1n1c(CCl)nc2ccccc21. The maximum Gasteiger partial charge on any atom is 0.125 e. The normalized spacial score (nSPS) is 24.5. The molecule has 0 aliphatic heterocycles. The van der Waals surface area contributed by atoms with Crippen molar-refractivity contribution in [1.29, 1.82) is 0 Å². The van der Waals surface area contributed by atoms with Gasteiger partial charge in [0, 0.05) is 6.04 Å². The molecule has 0 N–H and O–H groups in total. The van der Waals surface area contributed by atoms with Gasteiger partial charge in [-0.25, -0.2) is 4.98 Å². The first-order valence-corrected chi connectivity index (χ1v) is 7.86. The van der Waals surface area contributed by atoms with Crippen LogP contribution in [0, 0.1) is 5.92 Å². The molecule has 102 valence electrons. The molecule has 1 aliphatic carbocycles. The molecule has 1 fully saturated rings. The summed E-state index contributed by atoms with van der Waals surface area (Å²) in [6, 6.07) is 8.97. The molecule has 0 spiro atoms. The van der Waals surface area contributed by atoms with Crippen LogP contribution in [0.15, 0.2) is 24.3 Å². The van der Waals surface area contributed by atoms with Gasteiger partial charge >= 0.3 is 0 Å². The van der Waals surface area contributed by atoms with Crippen LogP contribution >= 0.6 is 11.6 Å². The van der Waals surface area contributed by atoms with Crippen LogP contribution in [-0.4, -0.2) is 9.55 Å². The van der Waals surface area contributed by atoms with Crippen molar-refractivity contribution in [2.24, 2.45) is 5.92 Å². The van der Waals surface area contributed by atoms with E-state index in [0.717, 1.165) is 11.3 Å². The summed E-state index contributed by atoms with van der Waals surface area (Å²) in [4.78, 5) is 4.70. The van der Waals surface area contributed by atoms with Crippen LogP contribution in [0.2, 0.25) is 0 Å². The van der Waals surface area contributed by atoms with Gasteiger partial charge in [-0.15, -0.1) is 11.6 Å². The third kappa shape index (κ3) is 2.38. The van der Waals surface area contributed by atoms with Crippen molar-refractivity contribution in [2.75, 3.05) is 0 Å². The quantitative estimate of drug-likeness (QED) is 0.562. The molecule has 19 heavy (non-hydrogen) atoms. The molecule has 0 amide bonds. The smallest absolute Gasteiger partial charge is 0.125 e. The lowest BCUT2D eigenvalue weighted by molar-refractivity contribution is 0.335. The van der Waals surface area contributed by atoms with Crippen LogP contribution in [0.1, 0.15) is 50.9 Å². The standard InChI is InChI=1S/C16H21ClN2/c1-12-7-3-2-4-9-14(12)19-15-10-6-5-8-13(15)18-16(19)11-17/h5-6,8,10,12,14H,2-4,7,9,11H2,1H3. The molecule has 0 radical (unpaired) electrons. The second-order valence-electron chi connectivity index (χ2n) is 5.70. The third-order valence-corrected chi connectivity index (χ3v) is 4.68. The maximum atomic E-state index is 6.13. The van der Waals surface area contributed by atoms with E-state index in [-0.39, 0.29) is 0 Å². The summed E-state index contributed by atoms with van der Waals surface area (Å²) in [5.74, 6) is 2.24. The molecular weight excluding hydrogens is 256 g/mol. The first-order chi connectivity index (χ1) is 9.31. The Balaban J connectivity index is 2.11. The van der Waals surface area contributed by atoms with E-state index in [1.807, 2.05) is 6.07 Å². The van der Waals surface area contributed by atoms with E-state index in [0.29, 0.717) is 17.8 Å². The summed E-state index contributed by atoms with van der Waals surface area (Å²) in [6.45, 7) is 2.38. The van der Waals surface area contributed by atoms with Gasteiger partial charge in [0.15, 0.2) is 0 Å². The minimum Gasteiger partial charge on any atom is -0.324 e. The molecule has 2 aromatic rings. The number of benzene rings is 1. The van der Waals surface area contributed by atoms with Gasteiger partial charge in [0.2, 0.25) is 0 Å². The van der Waals surface area contributed by atoms with Crippen LogP contribution in [0.3, 0.4) is 0 Å². The average molecular weight is 277 g/mol. The fourth-order valence-electron chi connectivity index (χ4n) is 3.42. The van der Waals surface area contributed by atoms with Gasteiger partial charge in [-0.2, -0.15) is 0 Å². The number of nitrogens with zero attached hydrogens (tertiary/aromatic N) is 2. The largest absolute Gasteiger partial charge is 0.324 e. The highest BCUT2D eigenvalue weighted by Crippen LogP contribution is 2.35. The van der Waals surface area contributed by atoms with Gasteiger partial charge in [0.1, 0.15) is 5.82 Å². The molecule has 2 unspecified atom stereocenters. The summed E-state index contributed by atoms with van der Waals surface area (Å²) < 4.78 is 2.42. The van der Waals surface area contributed by atoms with Gasteiger partial charge < -0.3 is 4.57 Å². The van der Waals surface area contributed by atoms with Crippen molar-refractivity contribution >= 4 is 22.6 Å². The predicted molar refractivity (Wildman–Crippen MR) is 80.6 cm³/mol. The number of para-hydroxylation sites is 2. The van der Waals surface area contributed by atoms with Gasteiger partial charge in [0.05, 0.1) is 16.9 Å². The summed E-state index contributed by atoms with van der Waals surface area (Å²) >= 11 is 6.13. The zero-order valence-electron chi connectivity index (χ0n) is 11.5. The highest BCUT2D eigenvalue weighted by Gasteiger charge is 2.25. The minimum absolute atomic E-state index is 0.498. The molecule has 2 atom stereocenters. The number of rotatable bonds is 2. The summed E-state index contributed by atoms with van der Waals surface area (Å²) in [5.41, 5.74) is 2.33. The van der Waals surface area contributed by atoms with E-state index >= 15 is 0 Å². The first kappa shape index (κ1) is 13.0. The Labute approximate surface area is 119 Å². The van der Waals surface area contributed by atoms with Crippen molar-refractivity contribution in [1.82, 2.24) is 9.55 Å². The number of hydrogen-bond acceptors (Lipinski definition) is 1. The van der Waals surface area contributed by atoms with E-state index in [1.165, 1.54) is 37.6 Å². The van der Waals surface area contributed by atoms with Crippen LogP contribution in [0.25, 0.3) is 11.0 Å². The van der Waals surface area contributed by atoms with Gasteiger partial charge in [-0.3, -0.25) is 0 Å². The average Bonchev–Trinajstić information content (AvgIpc) is 2.68. The highest BCUT2D eigenvalue weighted by molar-refractivity contribution is 6.16. The third-order valence-electron chi connectivity index (χ3n) is 4.44. The summed E-state index contributed by atoms with van der Waals surface area (Å²) in [5, 5.41) is 0. The number of halogens is 1. The molecule has 3 heteroatoms. The van der Waals surface area contributed by atoms with E-state index in [2.05, 4.69) is 29.7 Å². The Kier molecular flexibility index (Phi) is 3.79. The van der Waals surface area contributed by atoms with E-state index in [9.17, 15) is 0 Å². The molecule has 2 nitrogen and oxygen atoms in total. The Morgan fingerprint density at radius 2 is 2.00 bits per heavy atom. The van der Waals surface area contributed by atoms with E-state index in [4.69, 9.17) is 16.6 Å². The lowest BCUT2D eigenvalue weighted by Crippen LogP contribution is -2.18. The predicted octanol–water partition coefficient (Wildman–Crippen LogP) is 4.92. The van der Waals surface area contributed by atoms with Crippen molar-refractivity contribution in [3.63, 3.8) is 0 Å². The van der Waals surface area contributed by atoms with Gasteiger partial charge in [-0.05, 0) is 30.9 Å². The molecule has 1 aromatic heterocycles. The zero-order valence-corrected chi connectivity index (χ0v) is 12.2. The number of aromatic nitrogens is 2. The second-order valence-corrected chi connectivity index (χ2v) is 5.97. The lowest BCUT2D eigenvalue weighted by atomic mass is 9.96. The van der Waals surface area contributed by atoms with Crippen LogP contribution in [-0.2, 0) is 5.88 Å². The number of hydrogen-bond donors (Lipinski definition) is 0. The van der Waals surface area contributed by atoms with E-state index < -0.39 is 0 Å². The molecule has 0 saturated heterocycles. The summed E-state index contributed by atoms with van der Waals surface area (Å²) in [6.07, 6.45) is 6.62. The van der Waals surface area contributed by atoms with Crippen molar-refractivity contribution in [2.45, 2.75) is 50.9 Å². The van der Waals surface area contributed by atoms with Gasteiger partial charge in [-0.1, -0.05) is 38.3 Å². The zero-order chi connectivity index (χ0) is 13.2. The van der Waals surface area contributed by atoms with Gasteiger partial charge in [0.25, 0.3) is 0 Å². The Bertz CT molecular complexity index is 561. The first-order valence-electron chi connectivity index (χ1n) is 7.33. The van der Waals surface area contributed by atoms with Crippen molar-refractivity contribution in [3.8, 4) is 0 Å². The Hall–Kier alpha value is -1.02. The fourth-order valence-corrected chi connectivity index (χ4v) is 3.60. The fraction of sp³-hybridized carbons (Fsp3) is 0.562. The second kappa shape index (κ2) is 5.54. The molecule has 1 aliphatic rings. The highest BCUT2D eigenvalue weighted by atomic mass is 35.5. The molecule has 3 rings (SSSR count). The maximum absolute atomic E-state index is 6.13. The minimum atomic E-state index is 0.498. The summed E-state index contributed by atoms with van der Waals surface area (Å²) in [7, 11) is 0.